The minimum Gasteiger partial charge on any atom is -0.491 e. The van der Waals surface area contributed by atoms with Crippen LogP contribution in [-0.2, 0) is 0 Å². The number of hydrogen-bond donors (Lipinski definition) is 1. The maximum Gasteiger partial charge on any atom is 0.142 e. The van der Waals surface area contributed by atoms with Crippen molar-refractivity contribution < 1.29 is 4.74 Å². The summed E-state index contributed by atoms with van der Waals surface area (Å²) in [5.74, 6) is 0.909. The average Bonchev–Trinajstić information content (AvgIpc) is 2.62. The van der Waals surface area contributed by atoms with Crippen LogP contribution in [0.5, 0.6) is 5.75 Å². The Morgan fingerprint density at radius 3 is 2.94 bits per heavy atom. The fourth-order valence-electron chi connectivity index (χ4n) is 2.22. The Morgan fingerprint density at radius 1 is 1.17 bits per heavy atom. The van der Waals surface area contributed by atoms with Crippen LogP contribution in [0.1, 0.15) is 6.42 Å². The van der Waals surface area contributed by atoms with E-state index in [2.05, 4.69) is 16.0 Å². The van der Waals surface area contributed by atoms with Crippen LogP contribution in [0.15, 0.2) is 42.7 Å². The molecule has 3 rings (SSSR count). The molecule has 0 fully saturated rings. The maximum atomic E-state index is 6.01. The highest BCUT2D eigenvalue weighted by Gasteiger charge is 2.18. The first-order chi connectivity index (χ1) is 8.86. The number of nitrogens with zero attached hydrogens (tertiary/aromatic N) is 2. The van der Waals surface area contributed by atoms with Crippen molar-refractivity contribution in [2.45, 2.75) is 6.42 Å². The van der Waals surface area contributed by atoms with Crippen molar-refractivity contribution in [1.82, 2.24) is 4.98 Å². The lowest BCUT2D eigenvalue weighted by molar-refractivity contribution is 0.322. The number of pyridine rings is 1. The van der Waals surface area contributed by atoms with Crippen molar-refractivity contribution in [3.8, 4) is 5.75 Å². The second-order valence-electron chi connectivity index (χ2n) is 4.26. The summed E-state index contributed by atoms with van der Waals surface area (Å²) in [5, 5.41) is 0. The standard InChI is InChI=1S/C14H15N3O/c15-11-10-16-7-6-12(11)17-8-3-9-18-14-5-2-1-4-13(14)17/h1-2,4-7,10H,3,8-9,15H2. The van der Waals surface area contributed by atoms with E-state index in [-0.39, 0.29) is 0 Å². The molecule has 0 amide bonds. The van der Waals surface area contributed by atoms with Crippen LogP contribution in [-0.4, -0.2) is 18.1 Å². The Kier molecular flexibility index (Phi) is 2.76. The summed E-state index contributed by atoms with van der Waals surface area (Å²) in [6, 6.07) is 9.99. The summed E-state index contributed by atoms with van der Waals surface area (Å²) in [5.41, 5.74) is 8.76. The highest BCUT2D eigenvalue weighted by molar-refractivity contribution is 5.77. The summed E-state index contributed by atoms with van der Waals surface area (Å²) in [4.78, 5) is 6.23. The Morgan fingerprint density at radius 2 is 2.06 bits per heavy atom. The van der Waals surface area contributed by atoms with E-state index in [9.17, 15) is 0 Å². The molecule has 1 aliphatic heterocycles. The molecule has 2 aromatic rings. The molecule has 18 heavy (non-hydrogen) atoms. The lowest BCUT2D eigenvalue weighted by Gasteiger charge is -2.24. The Balaban J connectivity index is 2.10. The van der Waals surface area contributed by atoms with Crippen LogP contribution in [0.25, 0.3) is 0 Å². The van der Waals surface area contributed by atoms with Gasteiger partial charge in [0.2, 0.25) is 0 Å². The highest BCUT2D eigenvalue weighted by atomic mass is 16.5. The maximum absolute atomic E-state index is 6.01. The van der Waals surface area contributed by atoms with Gasteiger partial charge in [0.15, 0.2) is 0 Å². The van der Waals surface area contributed by atoms with Crippen LogP contribution in [0.4, 0.5) is 17.1 Å². The first-order valence-electron chi connectivity index (χ1n) is 6.05. The molecule has 1 aromatic heterocycles. The first kappa shape index (κ1) is 10.9. The zero-order chi connectivity index (χ0) is 12.4. The highest BCUT2D eigenvalue weighted by Crippen LogP contribution is 2.37. The SMILES string of the molecule is Nc1cnccc1N1CCCOc2ccccc21. The second kappa shape index (κ2) is 4.56. The minimum atomic E-state index is 0.689. The van der Waals surface area contributed by atoms with Gasteiger partial charge in [0.25, 0.3) is 0 Å². The van der Waals surface area contributed by atoms with Crippen molar-refractivity contribution in [3.63, 3.8) is 0 Å². The number of benzene rings is 1. The molecule has 2 N–H and O–H groups in total. The lowest BCUT2D eigenvalue weighted by atomic mass is 10.2. The van der Waals surface area contributed by atoms with Crippen molar-refractivity contribution in [1.29, 1.82) is 0 Å². The normalized spacial score (nSPS) is 14.6. The molecule has 1 aromatic carbocycles. The number of anilines is 3. The summed E-state index contributed by atoms with van der Waals surface area (Å²) < 4.78 is 5.74. The fraction of sp³-hybridized carbons (Fsp3) is 0.214. The largest absolute Gasteiger partial charge is 0.491 e. The zero-order valence-electron chi connectivity index (χ0n) is 10.0. The third-order valence-corrected chi connectivity index (χ3v) is 3.06. The van der Waals surface area contributed by atoms with Crippen molar-refractivity contribution in [2.24, 2.45) is 0 Å². The number of aromatic nitrogens is 1. The molecule has 0 saturated carbocycles. The van der Waals surface area contributed by atoms with Crippen LogP contribution in [0.3, 0.4) is 0 Å². The molecule has 0 saturated heterocycles. The topological polar surface area (TPSA) is 51.4 Å². The van der Waals surface area contributed by atoms with E-state index >= 15 is 0 Å². The third-order valence-electron chi connectivity index (χ3n) is 3.06. The van der Waals surface area contributed by atoms with Crippen LogP contribution in [0.2, 0.25) is 0 Å². The van der Waals surface area contributed by atoms with Gasteiger partial charge in [-0.2, -0.15) is 0 Å². The van der Waals surface area contributed by atoms with Crippen molar-refractivity contribution >= 4 is 17.1 Å². The predicted molar refractivity (Wildman–Crippen MR) is 72.2 cm³/mol. The number of hydrogen-bond acceptors (Lipinski definition) is 4. The minimum absolute atomic E-state index is 0.689. The van der Waals surface area contributed by atoms with E-state index in [0.29, 0.717) is 5.69 Å². The van der Waals surface area contributed by atoms with E-state index < -0.39 is 0 Å². The number of nitrogens with two attached hydrogens (primary N) is 1. The number of rotatable bonds is 1. The zero-order valence-corrected chi connectivity index (χ0v) is 10.0. The van der Waals surface area contributed by atoms with Gasteiger partial charge < -0.3 is 15.4 Å². The Bertz CT molecular complexity index is 556. The summed E-state index contributed by atoms with van der Waals surface area (Å²) in [7, 11) is 0. The number of nitrogen functional groups attached to an aromatic ring is 1. The molecule has 1 aliphatic rings. The van der Waals surface area contributed by atoms with Gasteiger partial charge in [0.1, 0.15) is 5.75 Å². The van der Waals surface area contributed by atoms with Gasteiger partial charge in [-0.05, 0) is 24.6 Å². The van der Waals surface area contributed by atoms with Gasteiger partial charge in [0.05, 0.1) is 29.9 Å². The van der Waals surface area contributed by atoms with Gasteiger partial charge in [-0.1, -0.05) is 12.1 Å². The van der Waals surface area contributed by atoms with Crippen LogP contribution < -0.4 is 15.4 Å². The summed E-state index contributed by atoms with van der Waals surface area (Å²) >= 11 is 0. The van der Waals surface area contributed by atoms with Gasteiger partial charge in [0, 0.05) is 12.7 Å². The van der Waals surface area contributed by atoms with Gasteiger partial charge in [-0.3, -0.25) is 4.98 Å². The molecule has 0 bridgehead atoms. The molecule has 0 aliphatic carbocycles. The quantitative estimate of drug-likeness (QED) is 0.833. The predicted octanol–water partition coefficient (Wildman–Crippen LogP) is 2.58. The number of para-hydroxylation sites is 2. The van der Waals surface area contributed by atoms with Gasteiger partial charge >= 0.3 is 0 Å². The molecule has 0 radical (unpaired) electrons. The molecule has 0 unspecified atom stereocenters. The summed E-state index contributed by atoms with van der Waals surface area (Å²) in [6.45, 7) is 1.63. The molecule has 0 spiro atoms. The lowest BCUT2D eigenvalue weighted by Crippen LogP contribution is -2.18. The third kappa shape index (κ3) is 1.86. The molecule has 2 heterocycles. The Labute approximate surface area is 106 Å². The van der Waals surface area contributed by atoms with E-state index in [4.69, 9.17) is 10.5 Å². The average molecular weight is 241 g/mol. The molecule has 0 atom stereocenters. The number of ether oxygens (including phenoxy) is 1. The van der Waals surface area contributed by atoms with Crippen molar-refractivity contribution in [3.05, 3.63) is 42.7 Å². The number of fused-ring (bicyclic) bond motifs is 1. The molecule has 92 valence electrons. The first-order valence-corrected chi connectivity index (χ1v) is 6.05. The fourth-order valence-corrected chi connectivity index (χ4v) is 2.22. The monoisotopic (exact) mass is 241 g/mol. The van der Waals surface area contributed by atoms with Gasteiger partial charge in [-0.15, -0.1) is 0 Å². The molecular weight excluding hydrogens is 226 g/mol. The van der Waals surface area contributed by atoms with E-state index in [1.54, 1.807) is 12.4 Å². The van der Waals surface area contributed by atoms with Crippen LogP contribution in [0, 0.1) is 0 Å². The van der Waals surface area contributed by atoms with Crippen molar-refractivity contribution in [2.75, 3.05) is 23.8 Å². The summed E-state index contributed by atoms with van der Waals surface area (Å²) in [6.07, 6.45) is 4.42. The van der Waals surface area contributed by atoms with E-state index in [0.717, 1.165) is 36.7 Å². The van der Waals surface area contributed by atoms with Gasteiger partial charge in [-0.25, -0.2) is 0 Å². The molecule has 4 nitrogen and oxygen atoms in total. The molecular formula is C14H15N3O. The molecule has 4 heteroatoms. The Hall–Kier alpha value is -2.23. The van der Waals surface area contributed by atoms with E-state index in [1.165, 1.54) is 0 Å². The van der Waals surface area contributed by atoms with E-state index in [1.807, 2.05) is 24.3 Å². The van der Waals surface area contributed by atoms with Crippen LogP contribution >= 0.6 is 0 Å². The smallest absolute Gasteiger partial charge is 0.142 e. The second-order valence-corrected chi connectivity index (χ2v) is 4.26.